The first-order valence-electron chi connectivity index (χ1n) is 5.53. The highest BCUT2D eigenvalue weighted by molar-refractivity contribution is 7.10. The number of carbonyl (C=O) groups excluding carboxylic acids is 1. The van der Waals surface area contributed by atoms with E-state index in [1.807, 2.05) is 6.92 Å². The number of hydrogen-bond acceptors (Lipinski definition) is 6. The van der Waals surface area contributed by atoms with Crippen molar-refractivity contribution in [2.24, 2.45) is 0 Å². The fraction of sp³-hybridized carbons (Fsp3) is 0.545. The quantitative estimate of drug-likeness (QED) is 0.852. The topological polar surface area (TPSA) is 73.3 Å². The number of ether oxygens (including phenoxy) is 2. The summed E-state index contributed by atoms with van der Waals surface area (Å²) in [7, 11) is 0. The van der Waals surface area contributed by atoms with Crippen LogP contribution in [-0.4, -0.2) is 27.9 Å². The molecule has 1 aromatic heterocycles. The largest absolute Gasteiger partial charge is 0.501 e. The third-order valence-corrected chi connectivity index (χ3v) is 2.27. The molecule has 0 saturated carbocycles. The van der Waals surface area contributed by atoms with Gasteiger partial charge in [-0.25, -0.2) is 4.79 Å². The van der Waals surface area contributed by atoms with Gasteiger partial charge in [0.05, 0.1) is 12.9 Å². The highest BCUT2D eigenvalue weighted by atomic mass is 32.1. The van der Waals surface area contributed by atoms with Gasteiger partial charge in [0, 0.05) is 17.6 Å². The average Bonchev–Trinajstić information content (AvgIpc) is 2.63. The third kappa shape index (κ3) is 5.13. The van der Waals surface area contributed by atoms with E-state index in [9.17, 15) is 4.79 Å². The number of amides is 1. The lowest BCUT2D eigenvalue weighted by molar-refractivity contribution is 0.0636. The maximum atomic E-state index is 11.6. The van der Waals surface area contributed by atoms with Crippen molar-refractivity contribution in [3.05, 3.63) is 12.0 Å². The molecule has 7 heteroatoms. The van der Waals surface area contributed by atoms with Crippen LogP contribution < -0.4 is 5.32 Å². The summed E-state index contributed by atoms with van der Waals surface area (Å²) in [6.07, 6.45) is 2.62. The average molecular weight is 271 g/mol. The number of carbonyl (C=O) groups is 1. The molecule has 0 aromatic carbocycles. The number of anilines is 1. The molecule has 1 rings (SSSR count). The Kier molecular flexibility index (Phi) is 5.08. The van der Waals surface area contributed by atoms with E-state index in [-0.39, 0.29) is 0 Å². The van der Waals surface area contributed by atoms with Gasteiger partial charge in [-0.2, -0.15) is 0 Å². The van der Waals surface area contributed by atoms with Gasteiger partial charge >= 0.3 is 6.09 Å². The van der Waals surface area contributed by atoms with E-state index in [2.05, 4.69) is 14.9 Å². The number of rotatable bonds is 4. The van der Waals surface area contributed by atoms with Crippen LogP contribution in [0.15, 0.2) is 6.26 Å². The molecule has 0 unspecified atom stereocenters. The van der Waals surface area contributed by atoms with Gasteiger partial charge in [-0.1, -0.05) is 4.49 Å². The Bertz CT molecular complexity index is 423. The maximum absolute atomic E-state index is 11.6. The number of nitrogens with zero attached hydrogens (tertiary/aromatic N) is 2. The normalized spacial score (nSPS) is 11.6. The van der Waals surface area contributed by atoms with Gasteiger partial charge in [0.1, 0.15) is 16.3 Å². The first-order valence-corrected chi connectivity index (χ1v) is 6.30. The van der Waals surface area contributed by atoms with Crippen molar-refractivity contribution in [2.45, 2.75) is 33.3 Å². The van der Waals surface area contributed by atoms with Gasteiger partial charge in [0.2, 0.25) is 0 Å². The second-order valence-corrected chi connectivity index (χ2v) is 5.13. The van der Waals surface area contributed by atoms with Gasteiger partial charge in [-0.05, 0) is 27.7 Å². The first kappa shape index (κ1) is 14.4. The van der Waals surface area contributed by atoms with E-state index in [4.69, 9.17) is 9.47 Å². The molecular weight excluding hydrogens is 254 g/mol. The Balaban J connectivity index is 2.62. The van der Waals surface area contributed by atoms with Crippen molar-refractivity contribution in [2.75, 3.05) is 11.9 Å². The summed E-state index contributed by atoms with van der Waals surface area (Å²) in [6.45, 7) is 7.85. The molecule has 18 heavy (non-hydrogen) atoms. The second kappa shape index (κ2) is 6.34. The van der Waals surface area contributed by atoms with Gasteiger partial charge in [-0.15, -0.1) is 5.10 Å². The van der Waals surface area contributed by atoms with Crippen LogP contribution in [0.3, 0.4) is 0 Å². The molecule has 0 atom stereocenters. The van der Waals surface area contributed by atoms with Crippen molar-refractivity contribution in [3.63, 3.8) is 0 Å². The van der Waals surface area contributed by atoms with Crippen LogP contribution in [0.25, 0.3) is 6.08 Å². The minimum absolute atomic E-state index is 0.528. The van der Waals surface area contributed by atoms with Crippen molar-refractivity contribution < 1.29 is 14.3 Å². The number of hydrogen-bond donors (Lipinski definition) is 1. The van der Waals surface area contributed by atoms with Gasteiger partial charge in [0.15, 0.2) is 0 Å². The molecule has 0 bridgehead atoms. The van der Waals surface area contributed by atoms with Gasteiger partial charge in [0.25, 0.3) is 0 Å². The summed E-state index contributed by atoms with van der Waals surface area (Å²) in [6, 6.07) is 0. The molecule has 1 heterocycles. The van der Waals surface area contributed by atoms with Crippen LogP contribution in [-0.2, 0) is 9.47 Å². The summed E-state index contributed by atoms with van der Waals surface area (Å²) < 4.78 is 14.0. The lowest BCUT2D eigenvalue weighted by Crippen LogP contribution is -2.27. The van der Waals surface area contributed by atoms with Crippen LogP contribution in [0.5, 0.6) is 0 Å². The van der Waals surface area contributed by atoms with Crippen molar-refractivity contribution >= 4 is 28.7 Å². The van der Waals surface area contributed by atoms with Gasteiger partial charge < -0.3 is 9.47 Å². The minimum atomic E-state index is -0.538. The molecule has 0 aliphatic rings. The minimum Gasteiger partial charge on any atom is -0.501 e. The molecule has 1 N–H and O–H groups in total. The van der Waals surface area contributed by atoms with E-state index in [1.54, 1.807) is 26.8 Å². The molecule has 0 saturated heterocycles. The predicted octanol–water partition coefficient (Wildman–Crippen LogP) is 2.89. The number of aromatic nitrogens is 2. The lowest BCUT2D eigenvalue weighted by atomic mass is 10.2. The zero-order valence-corrected chi connectivity index (χ0v) is 11.7. The maximum Gasteiger partial charge on any atom is 0.412 e. The van der Waals surface area contributed by atoms with E-state index in [1.165, 1.54) is 6.26 Å². The summed E-state index contributed by atoms with van der Waals surface area (Å²) in [5.41, 5.74) is 0.00286. The Morgan fingerprint density at radius 2 is 2.22 bits per heavy atom. The van der Waals surface area contributed by atoms with Crippen LogP contribution >= 0.6 is 11.5 Å². The Hall–Kier alpha value is -1.63. The molecule has 1 amide bonds. The molecule has 6 nitrogen and oxygen atoms in total. The smallest absolute Gasteiger partial charge is 0.412 e. The van der Waals surface area contributed by atoms with E-state index in [0.29, 0.717) is 17.3 Å². The number of nitrogens with one attached hydrogen (secondary N) is 1. The fourth-order valence-corrected chi connectivity index (χ4v) is 1.54. The van der Waals surface area contributed by atoms with E-state index >= 15 is 0 Å². The summed E-state index contributed by atoms with van der Waals surface area (Å²) >= 11 is 1.08. The monoisotopic (exact) mass is 271 g/mol. The molecule has 0 aliphatic carbocycles. The first-order chi connectivity index (χ1) is 8.42. The van der Waals surface area contributed by atoms with E-state index in [0.717, 1.165) is 11.5 Å². The lowest BCUT2D eigenvalue weighted by Gasteiger charge is -2.19. The zero-order chi connectivity index (χ0) is 13.6. The zero-order valence-electron chi connectivity index (χ0n) is 10.9. The highest BCUT2D eigenvalue weighted by Crippen LogP contribution is 2.20. The van der Waals surface area contributed by atoms with Crippen molar-refractivity contribution in [3.8, 4) is 0 Å². The predicted molar refractivity (Wildman–Crippen MR) is 70.4 cm³/mol. The Labute approximate surface area is 110 Å². The van der Waals surface area contributed by atoms with E-state index < -0.39 is 11.7 Å². The molecule has 0 aliphatic heterocycles. The van der Waals surface area contributed by atoms with Gasteiger partial charge in [-0.3, -0.25) is 5.32 Å². The molecule has 1 aromatic rings. The molecule has 100 valence electrons. The molecule has 0 radical (unpaired) electrons. The fourth-order valence-electron chi connectivity index (χ4n) is 0.998. The Morgan fingerprint density at radius 1 is 1.50 bits per heavy atom. The SMILES string of the molecule is CCO/C=C/c1nnsc1NC(=O)OC(C)(C)C. The molecule has 0 fully saturated rings. The molecule has 0 spiro atoms. The van der Waals surface area contributed by atoms with Crippen molar-refractivity contribution in [1.82, 2.24) is 9.59 Å². The second-order valence-electron chi connectivity index (χ2n) is 4.37. The standard InChI is InChI=1S/C11H17N3O3S/c1-5-16-7-6-8-9(18-14-13-8)12-10(15)17-11(2,3)4/h6-7H,5H2,1-4H3,(H,12,15)/b7-6+. The van der Waals surface area contributed by atoms with Crippen LogP contribution in [0, 0.1) is 0 Å². The van der Waals surface area contributed by atoms with Crippen LogP contribution in [0.2, 0.25) is 0 Å². The van der Waals surface area contributed by atoms with Crippen LogP contribution in [0.4, 0.5) is 9.80 Å². The van der Waals surface area contributed by atoms with Crippen LogP contribution in [0.1, 0.15) is 33.4 Å². The summed E-state index contributed by atoms with van der Waals surface area (Å²) in [5, 5.41) is 7.00. The third-order valence-electron chi connectivity index (χ3n) is 1.62. The molecular formula is C11H17N3O3S. The highest BCUT2D eigenvalue weighted by Gasteiger charge is 2.18. The Morgan fingerprint density at radius 3 is 2.83 bits per heavy atom. The summed E-state index contributed by atoms with van der Waals surface area (Å²) in [5.74, 6) is 0. The summed E-state index contributed by atoms with van der Waals surface area (Å²) in [4.78, 5) is 11.6. The van der Waals surface area contributed by atoms with Crippen molar-refractivity contribution in [1.29, 1.82) is 0 Å².